The predicted molar refractivity (Wildman–Crippen MR) is 94.6 cm³/mol. The van der Waals surface area contributed by atoms with Gasteiger partial charge in [-0.05, 0) is 13.0 Å². The monoisotopic (exact) mass is 315 g/mol. The van der Waals surface area contributed by atoms with Gasteiger partial charge in [0.2, 0.25) is 0 Å². The van der Waals surface area contributed by atoms with E-state index in [9.17, 15) is 0 Å². The number of thioether (sulfide) groups is 2. The van der Waals surface area contributed by atoms with Gasteiger partial charge < -0.3 is 10.1 Å². The van der Waals surface area contributed by atoms with Crippen molar-refractivity contribution in [3.63, 3.8) is 0 Å². The van der Waals surface area contributed by atoms with E-state index < -0.39 is 0 Å². The molecule has 1 aliphatic heterocycles. The van der Waals surface area contributed by atoms with E-state index >= 15 is 0 Å². The Kier molecular flexibility index (Phi) is 10.2. The van der Waals surface area contributed by atoms with Crippen molar-refractivity contribution in [1.29, 1.82) is 0 Å². The van der Waals surface area contributed by atoms with Crippen LogP contribution in [-0.2, 0) is 4.74 Å². The van der Waals surface area contributed by atoms with Crippen LogP contribution >= 0.6 is 23.5 Å². The molecule has 1 fully saturated rings. The summed E-state index contributed by atoms with van der Waals surface area (Å²) in [5.74, 6) is 4.04. The third kappa shape index (κ3) is 8.85. The fourth-order valence-electron chi connectivity index (χ4n) is 1.96. The second-order valence-corrected chi connectivity index (χ2v) is 7.59. The standard InChI is InChI=1S/C16H29NOS2/c1-4-5-6-7-8-9-17-15(3)18-10-16-13-19-11-14(2)12-20-16/h16-17H,2-13H2,1H3. The Morgan fingerprint density at radius 3 is 2.90 bits per heavy atom. The van der Waals surface area contributed by atoms with Crippen LogP contribution in [0.1, 0.15) is 39.0 Å². The number of unbranched alkanes of at least 4 members (excludes halogenated alkanes) is 4. The maximum atomic E-state index is 5.73. The molecule has 20 heavy (non-hydrogen) atoms. The average Bonchev–Trinajstić information content (AvgIpc) is 2.65. The first-order valence-electron chi connectivity index (χ1n) is 7.64. The van der Waals surface area contributed by atoms with Crippen molar-refractivity contribution in [3.8, 4) is 0 Å². The quantitative estimate of drug-likeness (QED) is 0.365. The van der Waals surface area contributed by atoms with Gasteiger partial charge in [-0.3, -0.25) is 0 Å². The first-order valence-corrected chi connectivity index (χ1v) is 9.84. The summed E-state index contributed by atoms with van der Waals surface area (Å²) in [6.07, 6.45) is 6.49. The Balaban J connectivity index is 2.00. The molecule has 0 aromatic carbocycles. The van der Waals surface area contributed by atoms with E-state index in [-0.39, 0.29) is 0 Å². The lowest BCUT2D eigenvalue weighted by atomic mass is 10.1. The van der Waals surface area contributed by atoms with E-state index in [4.69, 9.17) is 4.74 Å². The van der Waals surface area contributed by atoms with Crippen LogP contribution in [0.25, 0.3) is 0 Å². The van der Waals surface area contributed by atoms with Gasteiger partial charge in [0.15, 0.2) is 5.88 Å². The minimum Gasteiger partial charge on any atom is -0.478 e. The van der Waals surface area contributed by atoms with Crippen molar-refractivity contribution in [2.24, 2.45) is 0 Å². The van der Waals surface area contributed by atoms with Gasteiger partial charge in [0.25, 0.3) is 0 Å². The maximum Gasteiger partial charge on any atom is 0.179 e. The molecule has 0 aromatic heterocycles. The van der Waals surface area contributed by atoms with Crippen molar-refractivity contribution in [1.82, 2.24) is 5.32 Å². The van der Waals surface area contributed by atoms with E-state index in [1.165, 1.54) is 37.7 Å². The van der Waals surface area contributed by atoms with E-state index in [1.807, 2.05) is 23.5 Å². The third-order valence-corrected chi connectivity index (χ3v) is 5.99. The van der Waals surface area contributed by atoms with Crippen molar-refractivity contribution in [2.45, 2.75) is 44.3 Å². The van der Waals surface area contributed by atoms with Gasteiger partial charge in [-0.15, -0.1) is 11.8 Å². The average molecular weight is 316 g/mol. The Morgan fingerprint density at radius 1 is 1.30 bits per heavy atom. The molecule has 0 saturated carbocycles. The van der Waals surface area contributed by atoms with Gasteiger partial charge in [-0.2, -0.15) is 11.8 Å². The zero-order valence-corrected chi connectivity index (χ0v) is 14.4. The van der Waals surface area contributed by atoms with Crippen LogP contribution in [0.2, 0.25) is 0 Å². The molecule has 0 radical (unpaired) electrons. The summed E-state index contributed by atoms with van der Waals surface area (Å²) in [6.45, 7) is 12.0. The third-order valence-electron chi connectivity index (χ3n) is 3.18. The van der Waals surface area contributed by atoms with Gasteiger partial charge in [0.05, 0.1) is 0 Å². The van der Waals surface area contributed by atoms with Gasteiger partial charge in [-0.25, -0.2) is 0 Å². The van der Waals surface area contributed by atoms with E-state index in [0.29, 0.717) is 5.25 Å². The lowest BCUT2D eigenvalue weighted by molar-refractivity contribution is 0.196. The molecule has 1 saturated heterocycles. The van der Waals surface area contributed by atoms with E-state index in [0.717, 1.165) is 36.3 Å². The molecular formula is C16H29NOS2. The summed E-state index contributed by atoms with van der Waals surface area (Å²) >= 11 is 3.92. The molecule has 1 atom stereocenters. The number of hydrogen-bond donors (Lipinski definition) is 1. The van der Waals surface area contributed by atoms with Crippen molar-refractivity contribution >= 4 is 23.5 Å². The molecule has 1 unspecified atom stereocenters. The van der Waals surface area contributed by atoms with Crippen LogP contribution in [-0.4, -0.2) is 35.7 Å². The van der Waals surface area contributed by atoms with Gasteiger partial charge in [-0.1, -0.05) is 44.8 Å². The van der Waals surface area contributed by atoms with Crippen LogP contribution in [0.4, 0.5) is 0 Å². The lowest BCUT2D eigenvalue weighted by Crippen LogP contribution is -2.21. The molecular weight excluding hydrogens is 286 g/mol. The molecule has 1 heterocycles. The summed E-state index contributed by atoms with van der Waals surface area (Å²) in [7, 11) is 0. The summed E-state index contributed by atoms with van der Waals surface area (Å²) in [5, 5.41) is 3.83. The van der Waals surface area contributed by atoms with Crippen molar-refractivity contribution in [2.75, 3.05) is 30.4 Å². The molecule has 1 aliphatic rings. The maximum absolute atomic E-state index is 5.73. The molecule has 4 heteroatoms. The topological polar surface area (TPSA) is 21.3 Å². The Labute approximate surface area is 133 Å². The van der Waals surface area contributed by atoms with Crippen LogP contribution in [0.3, 0.4) is 0 Å². The summed E-state index contributed by atoms with van der Waals surface area (Å²) in [6, 6.07) is 0. The number of nitrogens with one attached hydrogen (secondary N) is 1. The zero-order valence-electron chi connectivity index (χ0n) is 12.8. The van der Waals surface area contributed by atoms with Crippen LogP contribution in [0.15, 0.2) is 24.6 Å². The highest BCUT2D eigenvalue weighted by molar-refractivity contribution is 8.04. The minimum atomic E-state index is 0.558. The Bertz CT molecular complexity index is 294. The number of hydrogen-bond acceptors (Lipinski definition) is 4. The molecule has 2 nitrogen and oxygen atoms in total. The number of ether oxygens (including phenoxy) is 1. The highest BCUT2D eigenvalue weighted by Gasteiger charge is 2.15. The minimum absolute atomic E-state index is 0.558. The first-order chi connectivity index (χ1) is 9.72. The molecule has 0 spiro atoms. The summed E-state index contributed by atoms with van der Waals surface area (Å²) in [4.78, 5) is 0. The van der Waals surface area contributed by atoms with E-state index in [2.05, 4.69) is 25.4 Å². The van der Waals surface area contributed by atoms with Crippen molar-refractivity contribution < 1.29 is 4.74 Å². The summed E-state index contributed by atoms with van der Waals surface area (Å²) < 4.78 is 5.73. The molecule has 0 aliphatic carbocycles. The number of rotatable bonds is 10. The highest BCUT2D eigenvalue weighted by Crippen LogP contribution is 2.26. The Hall–Kier alpha value is -0.220. The lowest BCUT2D eigenvalue weighted by Gasteiger charge is -2.16. The molecule has 0 amide bonds. The SMILES string of the molecule is C=C1CSCC(COC(=C)NCCCCCCC)SC1. The first kappa shape index (κ1) is 17.8. The Morgan fingerprint density at radius 2 is 2.10 bits per heavy atom. The highest BCUT2D eigenvalue weighted by atomic mass is 32.2. The molecule has 0 aromatic rings. The second-order valence-electron chi connectivity index (χ2n) is 5.27. The molecule has 116 valence electrons. The smallest absolute Gasteiger partial charge is 0.179 e. The van der Waals surface area contributed by atoms with Gasteiger partial charge in [0, 0.05) is 29.1 Å². The second kappa shape index (κ2) is 11.4. The molecule has 1 N–H and O–H groups in total. The zero-order chi connectivity index (χ0) is 14.6. The van der Waals surface area contributed by atoms with Gasteiger partial charge in [0.1, 0.15) is 6.61 Å². The molecule has 0 bridgehead atoms. The predicted octanol–water partition coefficient (Wildman–Crippen LogP) is 4.44. The van der Waals surface area contributed by atoms with Crippen LogP contribution in [0.5, 0.6) is 0 Å². The molecule has 1 rings (SSSR count). The fourth-order valence-corrected chi connectivity index (χ4v) is 4.37. The normalized spacial score (nSPS) is 19.4. The largest absolute Gasteiger partial charge is 0.478 e. The van der Waals surface area contributed by atoms with Crippen LogP contribution < -0.4 is 5.32 Å². The fraction of sp³-hybridized carbons (Fsp3) is 0.750. The van der Waals surface area contributed by atoms with Crippen LogP contribution in [0, 0.1) is 0 Å². The van der Waals surface area contributed by atoms with E-state index in [1.54, 1.807) is 0 Å². The summed E-state index contributed by atoms with van der Waals surface area (Å²) in [5.41, 5.74) is 1.34. The van der Waals surface area contributed by atoms with Crippen molar-refractivity contribution in [3.05, 3.63) is 24.6 Å². The van der Waals surface area contributed by atoms with Gasteiger partial charge >= 0.3 is 0 Å².